The van der Waals surface area contributed by atoms with Crippen LogP contribution in [0.4, 0.5) is 0 Å². The van der Waals surface area contributed by atoms with Gasteiger partial charge in [0, 0.05) is 6.04 Å². The van der Waals surface area contributed by atoms with Gasteiger partial charge in [0.05, 0.1) is 6.61 Å². The molecule has 0 aromatic heterocycles. The van der Waals surface area contributed by atoms with Crippen molar-refractivity contribution in [1.82, 2.24) is 5.32 Å². The minimum atomic E-state index is 0.207. The standard InChI is InChI=1S/C10H17NO/c1-11-10(8-12)7-9-5-3-2-4-6-9/h3,5-6,10-12H,2,4,7-8H2,1H3. The number of aliphatic hydroxyl groups is 1. The van der Waals surface area contributed by atoms with Crippen molar-refractivity contribution in [3.63, 3.8) is 0 Å². The molecule has 1 rings (SSSR count). The van der Waals surface area contributed by atoms with Crippen molar-refractivity contribution in [2.45, 2.75) is 25.3 Å². The fourth-order valence-electron chi connectivity index (χ4n) is 1.36. The number of aliphatic hydroxyl groups excluding tert-OH is 1. The number of rotatable bonds is 4. The van der Waals surface area contributed by atoms with Gasteiger partial charge in [-0.15, -0.1) is 0 Å². The van der Waals surface area contributed by atoms with Crippen LogP contribution in [0.2, 0.25) is 0 Å². The molecule has 0 fully saturated rings. The molecule has 0 saturated carbocycles. The van der Waals surface area contributed by atoms with Crippen LogP contribution < -0.4 is 5.32 Å². The molecule has 0 heterocycles. The van der Waals surface area contributed by atoms with E-state index in [1.165, 1.54) is 5.57 Å². The number of nitrogens with one attached hydrogen (secondary N) is 1. The molecular weight excluding hydrogens is 150 g/mol. The van der Waals surface area contributed by atoms with Crippen LogP contribution in [0, 0.1) is 0 Å². The van der Waals surface area contributed by atoms with Crippen molar-refractivity contribution in [2.75, 3.05) is 13.7 Å². The molecule has 0 radical (unpaired) electrons. The Balaban J connectivity index is 2.38. The van der Waals surface area contributed by atoms with Crippen LogP contribution in [0.25, 0.3) is 0 Å². The first kappa shape index (κ1) is 9.49. The zero-order valence-corrected chi connectivity index (χ0v) is 7.59. The molecule has 1 unspecified atom stereocenters. The maximum atomic E-state index is 8.94. The molecule has 2 N–H and O–H groups in total. The smallest absolute Gasteiger partial charge is 0.0587 e. The predicted molar refractivity (Wildman–Crippen MR) is 51.0 cm³/mol. The summed E-state index contributed by atoms with van der Waals surface area (Å²) in [6.45, 7) is 0.210. The minimum absolute atomic E-state index is 0.207. The first-order valence-corrected chi connectivity index (χ1v) is 4.50. The molecule has 0 bridgehead atoms. The number of hydrogen-bond donors (Lipinski definition) is 2. The van der Waals surface area contributed by atoms with Crippen molar-refractivity contribution in [3.05, 3.63) is 23.8 Å². The topological polar surface area (TPSA) is 32.3 Å². The van der Waals surface area contributed by atoms with Gasteiger partial charge in [0.15, 0.2) is 0 Å². The molecule has 0 spiro atoms. The van der Waals surface area contributed by atoms with Gasteiger partial charge in [0.25, 0.3) is 0 Å². The third kappa shape index (κ3) is 2.80. The SMILES string of the molecule is CNC(CO)CC1=CCCC=C1. The molecule has 2 heteroatoms. The van der Waals surface area contributed by atoms with Gasteiger partial charge in [-0.3, -0.25) is 0 Å². The largest absolute Gasteiger partial charge is 0.395 e. The van der Waals surface area contributed by atoms with Crippen LogP contribution in [0.3, 0.4) is 0 Å². The second-order valence-electron chi connectivity index (χ2n) is 3.13. The van der Waals surface area contributed by atoms with Crippen molar-refractivity contribution in [3.8, 4) is 0 Å². The monoisotopic (exact) mass is 167 g/mol. The second kappa shape index (κ2) is 5.12. The summed E-state index contributed by atoms with van der Waals surface area (Å²) < 4.78 is 0. The highest BCUT2D eigenvalue weighted by Crippen LogP contribution is 2.14. The summed E-state index contributed by atoms with van der Waals surface area (Å²) in [5, 5.41) is 12.0. The van der Waals surface area contributed by atoms with Gasteiger partial charge >= 0.3 is 0 Å². The summed E-state index contributed by atoms with van der Waals surface area (Å²) in [5.74, 6) is 0. The van der Waals surface area contributed by atoms with E-state index in [9.17, 15) is 0 Å². The molecule has 0 aliphatic heterocycles. The lowest BCUT2D eigenvalue weighted by molar-refractivity contribution is 0.248. The van der Waals surface area contributed by atoms with Crippen molar-refractivity contribution >= 4 is 0 Å². The summed E-state index contributed by atoms with van der Waals surface area (Å²) in [6, 6.07) is 0.207. The summed E-state index contributed by atoms with van der Waals surface area (Å²) in [7, 11) is 1.88. The Hall–Kier alpha value is -0.600. The van der Waals surface area contributed by atoms with Gasteiger partial charge in [-0.25, -0.2) is 0 Å². The van der Waals surface area contributed by atoms with Crippen LogP contribution in [0.1, 0.15) is 19.3 Å². The fourth-order valence-corrected chi connectivity index (χ4v) is 1.36. The maximum Gasteiger partial charge on any atom is 0.0587 e. The molecule has 0 saturated heterocycles. The van der Waals surface area contributed by atoms with Gasteiger partial charge in [0.1, 0.15) is 0 Å². The average molecular weight is 167 g/mol. The van der Waals surface area contributed by atoms with Gasteiger partial charge in [-0.05, 0) is 26.3 Å². The van der Waals surface area contributed by atoms with E-state index in [0.29, 0.717) is 0 Å². The Bertz CT molecular complexity index is 180. The molecule has 0 aromatic rings. The van der Waals surface area contributed by atoms with Crippen LogP contribution in [-0.2, 0) is 0 Å². The lowest BCUT2D eigenvalue weighted by Crippen LogP contribution is -2.29. The summed E-state index contributed by atoms with van der Waals surface area (Å²) in [4.78, 5) is 0. The predicted octanol–water partition coefficient (Wildman–Crippen LogP) is 1.23. The third-order valence-corrected chi connectivity index (χ3v) is 2.18. The van der Waals surface area contributed by atoms with Gasteiger partial charge in [-0.1, -0.05) is 23.8 Å². The molecule has 1 aliphatic carbocycles. The summed E-state index contributed by atoms with van der Waals surface area (Å²) in [6.07, 6.45) is 9.84. The van der Waals surface area contributed by atoms with Gasteiger partial charge < -0.3 is 10.4 Å². The molecule has 68 valence electrons. The molecule has 0 amide bonds. The van der Waals surface area contributed by atoms with E-state index in [1.54, 1.807) is 0 Å². The molecule has 12 heavy (non-hydrogen) atoms. The molecule has 0 aromatic carbocycles. The van der Waals surface area contributed by atoms with Gasteiger partial charge in [0.2, 0.25) is 0 Å². The van der Waals surface area contributed by atoms with E-state index in [4.69, 9.17) is 5.11 Å². The van der Waals surface area contributed by atoms with Crippen LogP contribution in [0.15, 0.2) is 23.8 Å². The Kier molecular flexibility index (Phi) is 4.05. The highest BCUT2D eigenvalue weighted by Gasteiger charge is 2.06. The average Bonchev–Trinajstić information content (AvgIpc) is 2.16. The Morgan fingerprint density at radius 2 is 2.42 bits per heavy atom. The van der Waals surface area contributed by atoms with E-state index in [2.05, 4.69) is 23.5 Å². The van der Waals surface area contributed by atoms with Crippen molar-refractivity contribution in [2.24, 2.45) is 0 Å². The molecular formula is C10H17NO. The van der Waals surface area contributed by atoms with Crippen LogP contribution in [0.5, 0.6) is 0 Å². The summed E-state index contributed by atoms with van der Waals surface area (Å²) >= 11 is 0. The normalized spacial score (nSPS) is 19.0. The zero-order chi connectivity index (χ0) is 8.81. The Morgan fingerprint density at radius 3 is 2.92 bits per heavy atom. The van der Waals surface area contributed by atoms with E-state index in [0.717, 1.165) is 19.3 Å². The first-order valence-electron chi connectivity index (χ1n) is 4.50. The number of likely N-dealkylation sites (N-methyl/N-ethyl adjacent to an activating group) is 1. The van der Waals surface area contributed by atoms with Crippen molar-refractivity contribution < 1.29 is 5.11 Å². The van der Waals surface area contributed by atoms with E-state index >= 15 is 0 Å². The third-order valence-electron chi connectivity index (χ3n) is 2.18. The Labute approximate surface area is 74.0 Å². The van der Waals surface area contributed by atoms with Crippen molar-refractivity contribution in [1.29, 1.82) is 0 Å². The molecule has 1 aliphatic rings. The van der Waals surface area contributed by atoms with E-state index in [-0.39, 0.29) is 12.6 Å². The minimum Gasteiger partial charge on any atom is -0.395 e. The quantitative estimate of drug-likeness (QED) is 0.660. The second-order valence-corrected chi connectivity index (χ2v) is 3.13. The highest BCUT2D eigenvalue weighted by molar-refractivity contribution is 5.22. The molecule has 1 atom stereocenters. The summed E-state index contributed by atoms with van der Waals surface area (Å²) in [5.41, 5.74) is 1.34. The highest BCUT2D eigenvalue weighted by atomic mass is 16.3. The number of hydrogen-bond acceptors (Lipinski definition) is 2. The van der Waals surface area contributed by atoms with E-state index in [1.807, 2.05) is 7.05 Å². The lowest BCUT2D eigenvalue weighted by Gasteiger charge is -2.14. The van der Waals surface area contributed by atoms with Gasteiger partial charge in [-0.2, -0.15) is 0 Å². The van der Waals surface area contributed by atoms with E-state index < -0.39 is 0 Å². The molecule has 2 nitrogen and oxygen atoms in total. The maximum absolute atomic E-state index is 8.94. The van der Waals surface area contributed by atoms with Crippen LogP contribution in [-0.4, -0.2) is 24.8 Å². The fraction of sp³-hybridized carbons (Fsp3) is 0.600. The Morgan fingerprint density at radius 1 is 1.58 bits per heavy atom. The lowest BCUT2D eigenvalue weighted by atomic mass is 10.0. The number of allylic oxidation sites excluding steroid dienone is 3. The van der Waals surface area contributed by atoms with Crippen LogP contribution >= 0.6 is 0 Å². The first-order chi connectivity index (χ1) is 5.86. The zero-order valence-electron chi connectivity index (χ0n) is 7.59.